The zero-order chi connectivity index (χ0) is 7.84. The summed E-state index contributed by atoms with van der Waals surface area (Å²) in [7, 11) is 0. The molecule has 0 amide bonds. The highest BCUT2D eigenvalue weighted by Gasteiger charge is 2.17. The van der Waals surface area contributed by atoms with E-state index in [2.05, 4.69) is 41.1 Å². The summed E-state index contributed by atoms with van der Waals surface area (Å²) < 4.78 is 1.25. The van der Waals surface area contributed by atoms with Crippen molar-refractivity contribution in [2.75, 3.05) is 0 Å². The van der Waals surface area contributed by atoms with Gasteiger partial charge in [0.05, 0.1) is 3.79 Å². The van der Waals surface area contributed by atoms with Crippen molar-refractivity contribution in [3.05, 3.63) is 26.4 Å². The number of fused-ring (bicyclic) bond motifs is 1. The molecule has 2 heteroatoms. The van der Waals surface area contributed by atoms with Crippen LogP contribution in [0.4, 0.5) is 0 Å². The van der Waals surface area contributed by atoms with Crippen molar-refractivity contribution in [2.45, 2.75) is 19.3 Å². The summed E-state index contributed by atoms with van der Waals surface area (Å²) in [5.74, 6) is 0.682. The zero-order valence-electron chi connectivity index (χ0n) is 6.30. The number of halogens is 1. The van der Waals surface area contributed by atoms with Gasteiger partial charge in [0.2, 0.25) is 0 Å². The molecule has 0 bridgehead atoms. The fourth-order valence-electron chi connectivity index (χ4n) is 1.44. The van der Waals surface area contributed by atoms with Crippen molar-refractivity contribution in [3.63, 3.8) is 0 Å². The fraction of sp³-hybridized carbons (Fsp3) is 0.333. The average Bonchev–Trinajstić information content (AvgIpc) is 2.45. The second-order valence-corrected chi connectivity index (χ2v) is 5.21. The van der Waals surface area contributed by atoms with Crippen molar-refractivity contribution < 1.29 is 0 Å². The van der Waals surface area contributed by atoms with Crippen LogP contribution in [-0.2, 0) is 0 Å². The first kappa shape index (κ1) is 7.56. The lowest BCUT2D eigenvalue weighted by atomic mass is 10.1. The van der Waals surface area contributed by atoms with E-state index < -0.39 is 0 Å². The maximum atomic E-state index is 3.50. The molecule has 0 fully saturated rings. The quantitative estimate of drug-likeness (QED) is 0.681. The van der Waals surface area contributed by atoms with Gasteiger partial charge in [-0.3, -0.25) is 0 Å². The van der Waals surface area contributed by atoms with E-state index in [4.69, 9.17) is 0 Å². The van der Waals surface area contributed by atoms with Gasteiger partial charge >= 0.3 is 0 Å². The summed E-state index contributed by atoms with van der Waals surface area (Å²) in [6, 6.07) is 2.20. The van der Waals surface area contributed by atoms with Gasteiger partial charge in [-0.05, 0) is 34.0 Å². The molecule has 1 atom stereocenters. The van der Waals surface area contributed by atoms with Crippen molar-refractivity contribution >= 4 is 33.3 Å². The molecule has 0 aromatic carbocycles. The van der Waals surface area contributed by atoms with Crippen LogP contribution in [-0.4, -0.2) is 0 Å². The van der Waals surface area contributed by atoms with Gasteiger partial charge in [-0.2, -0.15) is 0 Å². The maximum absolute atomic E-state index is 3.50. The fourth-order valence-corrected chi connectivity index (χ4v) is 3.24. The molecule has 58 valence electrons. The molecule has 0 radical (unpaired) electrons. The topological polar surface area (TPSA) is 0 Å². The standard InChI is InChI=1S/C9H9BrS/c1-2-6-3-4-7-5-8(10)11-9(6)7/h3-6H,2H2,1H3. The lowest BCUT2D eigenvalue weighted by molar-refractivity contribution is 0.834. The molecule has 0 N–H and O–H groups in total. The van der Waals surface area contributed by atoms with E-state index in [9.17, 15) is 0 Å². The first-order chi connectivity index (χ1) is 5.31. The Morgan fingerprint density at radius 2 is 2.45 bits per heavy atom. The van der Waals surface area contributed by atoms with E-state index in [0.717, 1.165) is 0 Å². The highest BCUT2D eigenvalue weighted by molar-refractivity contribution is 9.11. The Morgan fingerprint density at radius 1 is 1.64 bits per heavy atom. The van der Waals surface area contributed by atoms with Crippen LogP contribution in [0.1, 0.15) is 29.7 Å². The summed E-state index contributed by atoms with van der Waals surface area (Å²) in [6.45, 7) is 2.23. The number of rotatable bonds is 1. The lowest BCUT2D eigenvalue weighted by Crippen LogP contribution is -1.84. The van der Waals surface area contributed by atoms with E-state index >= 15 is 0 Å². The van der Waals surface area contributed by atoms with Crippen LogP contribution in [0.5, 0.6) is 0 Å². The van der Waals surface area contributed by atoms with Gasteiger partial charge in [0.25, 0.3) is 0 Å². The predicted octanol–water partition coefficient (Wildman–Crippen LogP) is 4.03. The smallest absolute Gasteiger partial charge is 0.0707 e. The van der Waals surface area contributed by atoms with Gasteiger partial charge in [-0.25, -0.2) is 0 Å². The zero-order valence-corrected chi connectivity index (χ0v) is 8.71. The molecule has 11 heavy (non-hydrogen) atoms. The van der Waals surface area contributed by atoms with E-state index in [1.165, 1.54) is 20.6 Å². The molecule has 1 aromatic heterocycles. The molecule has 1 aromatic rings. The third-order valence-electron chi connectivity index (χ3n) is 2.05. The van der Waals surface area contributed by atoms with E-state index in [1.54, 1.807) is 0 Å². The van der Waals surface area contributed by atoms with Gasteiger partial charge in [0.1, 0.15) is 0 Å². The second kappa shape index (κ2) is 2.76. The Hall–Kier alpha value is -0.0800. The predicted molar refractivity (Wildman–Crippen MR) is 54.1 cm³/mol. The highest BCUT2D eigenvalue weighted by atomic mass is 79.9. The summed E-state index contributed by atoms with van der Waals surface area (Å²) in [6.07, 6.45) is 5.74. The molecule has 2 rings (SSSR count). The van der Waals surface area contributed by atoms with Crippen LogP contribution in [0, 0.1) is 0 Å². The first-order valence-corrected chi connectivity index (χ1v) is 5.39. The minimum Gasteiger partial charge on any atom is -0.132 e. The largest absolute Gasteiger partial charge is 0.132 e. The van der Waals surface area contributed by atoms with Crippen LogP contribution < -0.4 is 0 Å². The average molecular weight is 229 g/mol. The van der Waals surface area contributed by atoms with E-state index in [-0.39, 0.29) is 0 Å². The van der Waals surface area contributed by atoms with Gasteiger partial charge in [-0.1, -0.05) is 19.1 Å². The third kappa shape index (κ3) is 1.18. The lowest BCUT2D eigenvalue weighted by Gasteiger charge is -2.01. The molecule has 0 nitrogen and oxygen atoms in total. The van der Waals surface area contributed by atoms with Crippen LogP contribution in [0.3, 0.4) is 0 Å². The Balaban J connectivity index is 2.45. The van der Waals surface area contributed by atoms with Gasteiger partial charge in [-0.15, -0.1) is 11.3 Å². The van der Waals surface area contributed by atoms with Crippen molar-refractivity contribution in [2.24, 2.45) is 0 Å². The van der Waals surface area contributed by atoms with Gasteiger partial charge < -0.3 is 0 Å². The van der Waals surface area contributed by atoms with Crippen LogP contribution in [0.25, 0.3) is 6.08 Å². The highest BCUT2D eigenvalue weighted by Crippen LogP contribution is 2.40. The Kier molecular flexibility index (Phi) is 1.90. The van der Waals surface area contributed by atoms with Crippen LogP contribution in [0.15, 0.2) is 15.9 Å². The number of thiophene rings is 1. The molecule has 0 aliphatic heterocycles. The normalized spacial score (nSPS) is 20.7. The molecule has 0 saturated heterocycles. The molecule has 1 aliphatic carbocycles. The van der Waals surface area contributed by atoms with Gasteiger partial charge in [0, 0.05) is 10.8 Å². The van der Waals surface area contributed by atoms with E-state index in [0.29, 0.717) is 5.92 Å². The Bertz CT molecular complexity index is 299. The molecule has 0 saturated carbocycles. The minimum absolute atomic E-state index is 0.682. The molecule has 1 heterocycles. The Labute approximate surface area is 79.1 Å². The van der Waals surface area contributed by atoms with Crippen molar-refractivity contribution in [1.29, 1.82) is 0 Å². The van der Waals surface area contributed by atoms with Crippen LogP contribution >= 0.6 is 27.3 Å². The summed E-state index contributed by atoms with van der Waals surface area (Å²) in [5.41, 5.74) is 1.41. The first-order valence-electron chi connectivity index (χ1n) is 3.78. The summed E-state index contributed by atoms with van der Waals surface area (Å²) in [5, 5.41) is 0. The molecular weight excluding hydrogens is 220 g/mol. The SMILES string of the molecule is CCC1C=Cc2cc(Br)sc21. The second-order valence-electron chi connectivity index (χ2n) is 2.74. The number of allylic oxidation sites excluding steroid dienone is 1. The van der Waals surface area contributed by atoms with Crippen molar-refractivity contribution in [1.82, 2.24) is 0 Å². The number of hydrogen-bond donors (Lipinski definition) is 0. The molecule has 1 unspecified atom stereocenters. The summed E-state index contributed by atoms with van der Waals surface area (Å²) >= 11 is 5.36. The molecular formula is C9H9BrS. The maximum Gasteiger partial charge on any atom is 0.0707 e. The van der Waals surface area contributed by atoms with Gasteiger partial charge in [0.15, 0.2) is 0 Å². The third-order valence-corrected chi connectivity index (χ3v) is 3.83. The minimum atomic E-state index is 0.682. The van der Waals surface area contributed by atoms with Crippen LogP contribution in [0.2, 0.25) is 0 Å². The summed E-state index contributed by atoms with van der Waals surface area (Å²) in [4.78, 5) is 1.53. The molecule has 1 aliphatic rings. The molecule has 0 spiro atoms. The monoisotopic (exact) mass is 228 g/mol. The van der Waals surface area contributed by atoms with E-state index in [1.807, 2.05) is 11.3 Å². The number of hydrogen-bond acceptors (Lipinski definition) is 1. The van der Waals surface area contributed by atoms with Crippen molar-refractivity contribution in [3.8, 4) is 0 Å². The Morgan fingerprint density at radius 3 is 3.18 bits per heavy atom.